The minimum absolute atomic E-state index is 0.0719. The number of ether oxygens (including phenoxy) is 1. The molecule has 0 rings (SSSR count). The molecule has 0 saturated carbocycles. The van der Waals surface area contributed by atoms with Gasteiger partial charge in [-0.25, -0.2) is 0 Å². The molecule has 0 aliphatic carbocycles. The number of carbonyl (C=O) groups excluding carboxylic acids is 1. The number of rotatable bonds is 31. The van der Waals surface area contributed by atoms with E-state index < -0.39 is 5.97 Å². The molecular formula is C36H66O4. The van der Waals surface area contributed by atoms with Crippen molar-refractivity contribution in [2.24, 2.45) is 0 Å². The van der Waals surface area contributed by atoms with Gasteiger partial charge in [0, 0.05) is 12.8 Å². The Bertz CT molecular complexity index is 610. The van der Waals surface area contributed by atoms with Crippen molar-refractivity contribution in [2.75, 3.05) is 0 Å². The fourth-order valence-corrected chi connectivity index (χ4v) is 5.09. The van der Waals surface area contributed by atoms with Crippen LogP contribution in [0, 0.1) is 0 Å². The van der Waals surface area contributed by atoms with E-state index in [9.17, 15) is 9.59 Å². The summed E-state index contributed by atoms with van der Waals surface area (Å²) in [5.74, 6) is -0.961. The maximum atomic E-state index is 12.3. The lowest BCUT2D eigenvalue weighted by Crippen LogP contribution is -2.19. The zero-order valence-electron chi connectivity index (χ0n) is 26.7. The second kappa shape index (κ2) is 31.9. The molecule has 4 nitrogen and oxygen atoms in total. The van der Waals surface area contributed by atoms with Gasteiger partial charge in [0.05, 0.1) is 0 Å². The molecule has 0 amide bonds. The van der Waals surface area contributed by atoms with E-state index in [1.54, 1.807) is 0 Å². The summed E-state index contributed by atoms with van der Waals surface area (Å²) in [5, 5.41) is 9.04. The average Bonchev–Trinajstić information content (AvgIpc) is 2.94. The Hall–Kier alpha value is -1.58. The van der Waals surface area contributed by atoms with E-state index in [0.29, 0.717) is 12.8 Å². The summed E-state index contributed by atoms with van der Waals surface area (Å²) < 4.78 is 5.69. The number of carboxylic acids is 1. The standard InChI is InChI=1S/C36H66O4/c1-3-5-7-9-11-13-14-15-16-17-18-19-20-21-22-23-25-27-29-31-36(39)40-34(32-33-35(37)38)30-28-26-24-12-10-8-6-4-2/h11,13,15-16,34H,3-10,12,14,17-33H2,1-2H3,(H,37,38)/b13-11-,16-15-. The smallest absolute Gasteiger partial charge is 0.306 e. The molecule has 40 heavy (non-hydrogen) atoms. The molecule has 4 heteroatoms. The van der Waals surface area contributed by atoms with Crippen molar-refractivity contribution >= 4 is 11.9 Å². The quantitative estimate of drug-likeness (QED) is 0.0518. The molecule has 0 aromatic rings. The van der Waals surface area contributed by atoms with Crippen LogP contribution in [0.15, 0.2) is 24.3 Å². The zero-order valence-corrected chi connectivity index (χ0v) is 26.7. The van der Waals surface area contributed by atoms with Crippen LogP contribution in [0.5, 0.6) is 0 Å². The van der Waals surface area contributed by atoms with Crippen LogP contribution in [0.2, 0.25) is 0 Å². The number of unbranched alkanes of at least 4 members (excludes halogenated alkanes) is 19. The minimum Gasteiger partial charge on any atom is -0.481 e. The van der Waals surface area contributed by atoms with Crippen molar-refractivity contribution in [1.29, 1.82) is 0 Å². The molecule has 234 valence electrons. The van der Waals surface area contributed by atoms with Crippen molar-refractivity contribution in [3.8, 4) is 0 Å². The second-order valence-electron chi connectivity index (χ2n) is 11.7. The van der Waals surface area contributed by atoms with E-state index in [4.69, 9.17) is 9.84 Å². The first-order chi connectivity index (χ1) is 19.6. The molecule has 0 bridgehead atoms. The van der Waals surface area contributed by atoms with E-state index in [2.05, 4.69) is 38.2 Å². The average molecular weight is 563 g/mol. The van der Waals surface area contributed by atoms with Crippen LogP contribution in [-0.2, 0) is 14.3 Å². The van der Waals surface area contributed by atoms with Gasteiger partial charge in [-0.2, -0.15) is 0 Å². The van der Waals surface area contributed by atoms with Gasteiger partial charge in [-0.3, -0.25) is 9.59 Å². The summed E-state index contributed by atoms with van der Waals surface area (Å²) in [4.78, 5) is 23.3. The molecule has 1 N–H and O–H groups in total. The van der Waals surface area contributed by atoms with Crippen LogP contribution in [0.3, 0.4) is 0 Å². The predicted molar refractivity (Wildman–Crippen MR) is 172 cm³/mol. The fourth-order valence-electron chi connectivity index (χ4n) is 5.09. The topological polar surface area (TPSA) is 63.6 Å². The third-order valence-corrected chi connectivity index (χ3v) is 7.69. The molecule has 0 saturated heterocycles. The molecule has 0 spiro atoms. The van der Waals surface area contributed by atoms with Crippen molar-refractivity contribution in [3.05, 3.63) is 24.3 Å². The van der Waals surface area contributed by atoms with Crippen LogP contribution in [0.1, 0.15) is 187 Å². The van der Waals surface area contributed by atoms with E-state index in [1.807, 2.05) is 0 Å². The molecular weight excluding hydrogens is 496 g/mol. The van der Waals surface area contributed by atoms with Gasteiger partial charge in [-0.15, -0.1) is 0 Å². The molecule has 0 aliphatic rings. The molecule has 0 aromatic heterocycles. The second-order valence-corrected chi connectivity index (χ2v) is 11.7. The van der Waals surface area contributed by atoms with Crippen molar-refractivity contribution in [2.45, 2.75) is 193 Å². The van der Waals surface area contributed by atoms with Gasteiger partial charge in [0.1, 0.15) is 6.10 Å². The van der Waals surface area contributed by atoms with Gasteiger partial charge < -0.3 is 9.84 Å². The third-order valence-electron chi connectivity index (χ3n) is 7.69. The maximum absolute atomic E-state index is 12.3. The van der Waals surface area contributed by atoms with Gasteiger partial charge in [-0.1, -0.05) is 141 Å². The zero-order chi connectivity index (χ0) is 29.4. The number of carbonyl (C=O) groups is 2. The number of allylic oxidation sites excluding steroid dienone is 4. The summed E-state index contributed by atoms with van der Waals surface area (Å²) in [6.07, 6.45) is 39.1. The Morgan fingerprint density at radius 3 is 1.55 bits per heavy atom. The Balaban J connectivity index is 3.68. The van der Waals surface area contributed by atoms with E-state index >= 15 is 0 Å². The van der Waals surface area contributed by atoms with Gasteiger partial charge in [0.25, 0.3) is 0 Å². The maximum Gasteiger partial charge on any atom is 0.306 e. The highest BCUT2D eigenvalue weighted by Crippen LogP contribution is 2.17. The molecule has 0 radical (unpaired) electrons. The minimum atomic E-state index is -0.815. The van der Waals surface area contributed by atoms with Crippen LogP contribution in [0.4, 0.5) is 0 Å². The van der Waals surface area contributed by atoms with Crippen LogP contribution in [-0.4, -0.2) is 23.1 Å². The van der Waals surface area contributed by atoms with Crippen LogP contribution in [0.25, 0.3) is 0 Å². The first-order valence-corrected chi connectivity index (χ1v) is 17.3. The normalized spacial score (nSPS) is 12.4. The molecule has 1 atom stereocenters. The van der Waals surface area contributed by atoms with Gasteiger partial charge >= 0.3 is 11.9 Å². The fraction of sp³-hybridized carbons (Fsp3) is 0.833. The van der Waals surface area contributed by atoms with Crippen molar-refractivity contribution in [1.82, 2.24) is 0 Å². The van der Waals surface area contributed by atoms with E-state index in [-0.39, 0.29) is 18.5 Å². The lowest BCUT2D eigenvalue weighted by Gasteiger charge is -2.17. The van der Waals surface area contributed by atoms with Gasteiger partial charge in [0.15, 0.2) is 0 Å². The number of esters is 1. The summed E-state index contributed by atoms with van der Waals surface area (Å²) in [6.45, 7) is 4.48. The Kier molecular flexibility index (Phi) is 30.7. The SMILES string of the molecule is CCCCC/C=C\C/C=C\CCCCCCCCCCCC(=O)OC(CCCCCCCCCC)CCC(=O)O. The summed E-state index contributed by atoms with van der Waals surface area (Å²) in [5.41, 5.74) is 0. The predicted octanol–water partition coefficient (Wildman–Crippen LogP) is 11.7. The molecule has 1 unspecified atom stereocenters. The number of aliphatic carboxylic acids is 1. The van der Waals surface area contributed by atoms with Crippen LogP contribution >= 0.6 is 0 Å². The molecule has 0 aromatic carbocycles. The van der Waals surface area contributed by atoms with Crippen molar-refractivity contribution < 1.29 is 19.4 Å². The number of hydrogen-bond donors (Lipinski definition) is 1. The first-order valence-electron chi connectivity index (χ1n) is 17.3. The highest BCUT2D eigenvalue weighted by atomic mass is 16.5. The summed E-state index contributed by atoms with van der Waals surface area (Å²) in [7, 11) is 0. The number of carboxylic acid groups (broad SMARTS) is 1. The Morgan fingerprint density at radius 1 is 0.550 bits per heavy atom. The Morgan fingerprint density at radius 2 is 1.00 bits per heavy atom. The Labute approximate surface area is 248 Å². The van der Waals surface area contributed by atoms with Gasteiger partial charge in [0.2, 0.25) is 0 Å². The number of hydrogen-bond acceptors (Lipinski definition) is 3. The molecule has 0 fully saturated rings. The van der Waals surface area contributed by atoms with E-state index in [0.717, 1.165) is 38.5 Å². The van der Waals surface area contributed by atoms with Crippen LogP contribution < -0.4 is 0 Å². The van der Waals surface area contributed by atoms with E-state index in [1.165, 1.54) is 116 Å². The third kappa shape index (κ3) is 31.0. The highest BCUT2D eigenvalue weighted by Gasteiger charge is 2.15. The molecule has 0 aliphatic heterocycles. The molecule has 0 heterocycles. The monoisotopic (exact) mass is 562 g/mol. The first kappa shape index (κ1) is 38.4. The lowest BCUT2D eigenvalue weighted by molar-refractivity contribution is -0.151. The lowest BCUT2D eigenvalue weighted by atomic mass is 10.0. The van der Waals surface area contributed by atoms with Crippen molar-refractivity contribution in [3.63, 3.8) is 0 Å². The largest absolute Gasteiger partial charge is 0.481 e. The summed E-state index contributed by atoms with van der Waals surface area (Å²) >= 11 is 0. The summed E-state index contributed by atoms with van der Waals surface area (Å²) in [6, 6.07) is 0. The van der Waals surface area contributed by atoms with Gasteiger partial charge in [-0.05, 0) is 57.8 Å². The highest BCUT2D eigenvalue weighted by molar-refractivity contribution is 5.69.